The number of hydrogen-bond donors (Lipinski definition) is 1. The summed E-state index contributed by atoms with van der Waals surface area (Å²) < 4.78 is 41.0. The van der Waals surface area contributed by atoms with Crippen molar-refractivity contribution in [2.75, 3.05) is 6.61 Å². The first-order chi connectivity index (χ1) is 6.12. The van der Waals surface area contributed by atoms with Crippen LogP contribution in [-0.2, 0) is 4.74 Å². The van der Waals surface area contributed by atoms with Gasteiger partial charge in [0.25, 0.3) is 0 Å². The molecule has 0 radical (unpaired) electrons. The van der Waals surface area contributed by atoms with E-state index in [0.29, 0.717) is 0 Å². The predicted molar refractivity (Wildman–Crippen MR) is 44.9 cm³/mol. The predicted octanol–water partition coefficient (Wildman–Crippen LogP) is 2.26. The van der Waals surface area contributed by atoms with Crippen LogP contribution < -0.4 is 0 Å². The van der Waals surface area contributed by atoms with Crippen molar-refractivity contribution >= 4 is 0 Å². The van der Waals surface area contributed by atoms with Crippen LogP contribution in [-0.4, -0.2) is 29.1 Å². The van der Waals surface area contributed by atoms with Crippen molar-refractivity contribution in [3.63, 3.8) is 0 Å². The molecule has 84 valence electrons. The van der Waals surface area contributed by atoms with Crippen LogP contribution in [0.25, 0.3) is 0 Å². The first kappa shape index (κ1) is 11.8. The zero-order chi connectivity index (χ0) is 11.0. The molecule has 1 unspecified atom stereocenters. The summed E-state index contributed by atoms with van der Waals surface area (Å²) in [7, 11) is 0. The van der Waals surface area contributed by atoms with Crippen molar-refractivity contribution in [3.05, 3.63) is 0 Å². The molecule has 0 aliphatic carbocycles. The maximum atomic E-state index is 11.9. The Balaban J connectivity index is 2.45. The first-order valence-corrected chi connectivity index (χ1v) is 4.55. The Morgan fingerprint density at radius 2 is 1.93 bits per heavy atom. The van der Waals surface area contributed by atoms with Gasteiger partial charge in [-0.15, -0.1) is 0 Å². The van der Waals surface area contributed by atoms with E-state index in [0.717, 1.165) is 0 Å². The summed E-state index contributed by atoms with van der Waals surface area (Å²) in [5, 5.41) is 9.77. The van der Waals surface area contributed by atoms with Crippen molar-refractivity contribution in [1.82, 2.24) is 0 Å². The van der Waals surface area contributed by atoms with E-state index in [-0.39, 0.29) is 19.4 Å². The third-order valence-electron chi connectivity index (χ3n) is 2.36. The van der Waals surface area contributed by atoms with E-state index >= 15 is 0 Å². The fourth-order valence-corrected chi connectivity index (χ4v) is 1.76. The smallest absolute Gasteiger partial charge is 0.387 e. The van der Waals surface area contributed by atoms with Crippen molar-refractivity contribution in [1.29, 1.82) is 0 Å². The number of alkyl halides is 3. The maximum absolute atomic E-state index is 11.9. The van der Waals surface area contributed by atoms with Crippen molar-refractivity contribution in [2.24, 2.45) is 0 Å². The number of hydrogen-bond acceptors (Lipinski definition) is 2. The maximum Gasteiger partial charge on any atom is 0.389 e. The highest BCUT2D eigenvalue weighted by Gasteiger charge is 2.44. The summed E-state index contributed by atoms with van der Waals surface area (Å²) in [5.41, 5.74) is -1.82. The Hall–Kier alpha value is -0.290. The van der Waals surface area contributed by atoms with Gasteiger partial charge in [0.15, 0.2) is 0 Å². The SMILES string of the molecule is CC1(C)CC(O)(CCC(F)(F)F)CO1. The molecule has 2 nitrogen and oxygen atoms in total. The number of ether oxygens (including phenoxy) is 1. The van der Waals surface area contributed by atoms with Gasteiger partial charge in [-0.2, -0.15) is 13.2 Å². The van der Waals surface area contributed by atoms with Crippen LogP contribution in [0.3, 0.4) is 0 Å². The van der Waals surface area contributed by atoms with E-state index in [9.17, 15) is 18.3 Å². The average molecular weight is 212 g/mol. The lowest BCUT2D eigenvalue weighted by atomic mass is 9.90. The number of aliphatic hydroxyl groups is 1. The fraction of sp³-hybridized carbons (Fsp3) is 1.00. The lowest BCUT2D eigenvalue weighted by molar-refractivity contribution is -0.146. The minimum absolute atomic E-state index is 0.00389. The highest BCUT2D eigenvalue weighted by Crippen LogP contribution is 2.37. The van der Waals surface area contributed by atoms with E-state index in [1.165, 1.54) is 0 Å². The molecule has 0 saturated carbocycles. The van der Waals surface area contributed by atoms with Gasteiger partial charge in [-0.3, -0.25) is 0 Å². The standard InChI is InChI=1S/C9H15F3O2/c1-7(2)5-8(13,6-14-7)3-4-9(10,11)12/h13H,3-6H2,1-2H3. The third kappa shape index (κ3) is 3.46. The van der Waals surface area contributed by atoms with Crippen molar-refractivity contribution in [3.8, 4) is 0 Å². The molecule has 0 aromatic heterocycles. The molecule has 5 heteroatoms. The molecule has 1 aliphatic rings. The van der Waals surface area contributed by atoms with Crippen LogP contribution in [0.1, 0.15) is 33.1 Å². The van der Waals surface area contributed by atoms with Crippen molar-refractivity contribution in [2.45, 2.75) is 50.5 Å². The van der Waals surface area contributed by atoms with Gasteiger partial charge in [0.2, 0.25) is 0 Å². The molecular formula is C9H15F3O2. The number of halogens is 3. The molecule has 1 atom stereocenters. The molecule has 1 aliphatic heterocycles. The summed E-state index contributed by atoms with van der Waals surface area (Å²) in [4.78, 5) is 0. The summed E-state index contributed by atoms with van der Waals surface area (Å²) in [6, 6.07) is 0. The molecule has 1 rings (SSSR count). The molecule has 0 aromatic rings. The molecule has 0 amide bonds. The molecule has 1 N–H and O–H groups in total. The summed E-state index contributed by atoms with van der Waals surface area (Å²) in [6.45, 7) is 3.52. The average Bonchev–Trinajstić information content (AvgIpc) is 2.22. The van der Waals surface area contributed by atoms with Gasteiger partial charge in [0.05, 0.1) is 17.8 Å². The Labute approximate surface area is 81.1 Å². The van der Waals surface area contributed by atoms with Gasteiger partial charge in [0, 0.05) is 12.8 Å². The van der Waals surface area contributed by atoms with E-state index in [2.05, 4.69) is 0 Å². The quantitative estimate of drug-likeness (QED) is 0.760. The van der Waals surface area contributed by atoms with Gasteiger partial charge >= 0.3 is 6.18 Å². The second kappa shape index (κ2) is 3.38. The normalized spacial score (nSPS) is 32.1. The van der Waals surface area contributed by atoms with Gasteiger partial charge in [0.1, 0.15) is 0 Å². The molecule has 1 fully saturated rings. The third-order valence-corrected chi connectivity index (χ3v) is 2.36. The first-order valence-electron chi connectivity index (χ1n) is 4.55. The van der Waals surface area contributed by atoms with Gasteiger partial charge in [-0.05, 0) is 20.3 Å². The Morgan fingerprint density at radius 1 is 1.36 bits per heavy atom. The molecule has 1 heterocycles. The van der Waals surface area contributed by atoms with Crippen LogP contribution in [0.4, 0.5) is 13.2 Å². The van der Waals surface area contributed by atoms with Crippen molar-refractivity contribution < 1.29 is 23.0 Å². The molecule has 0 aromatic carbocycles. The Kier molecular flexibility index (Phi) is 2.84. The summed E-state index contributed by atoms with van der Waals surface area (Å²) in [6.07, 6.45) is -5.18. The van der Waals surface area contributed by atoms with Crippen LogP contribution in [0.5, 0.6) is 0 Å². The summed E-state index contributed by atoms with van der Waals surface area (Å²) in [5.74, 6) is 0. The van der Waals surface area contributed by atoms with E-state index < -0.39 is 23.8 Å². The van der Waals surface area contributed by atoms with Crippen LogP contribution in [0.2, 0.25) is 0 Å². The van der Waals surface area contributed by atoms with E-state index in [1.807, 2.05) is 0 Å². The second-order valence-electron chi connectivity index (χ2n) is 4.56. The van der Waals surface area contributed by atoms with E-state index in [1.54, 1.807) is 13.8 Å². The van der Waals surface area contributed by atoms with Crippen LogP contribution in [0.15, 0.2) is 0 Å². The highest BCUT2D eigenvalue weighted by molar-refractivity contribution is 4.93. The van der Waals surface area contributed by atoms with Gasteiger partial charge in [-0.25, -0.2) is 0 Å². The van der Waals surface area contributed by atoms with E-state index in [4.69, 9.17) is 4.74 Å². The molecule has 1 saturated heterocycles. The minimum atomic E-state index is -4.21. The van der Waals surface area contributed by atoms with Gasteiger partial charge in [-0.1, -0.05) is 0 Å². The second-order valence-corrected chi connectivity index (χ2v) is 4.56. The number of rotatable bonds is 2. The fourth-order valence-electron chi connectivity index (χ4n) is 1.76. The molecule has 0 bridgehead atoms. The topological polar surface area (TPSA) is 29.5 Å². The lowest BCUT2D eigenvalue weighted by Crippen LogP contribution is -2.32. The monoisotopic (exact) mass is 212 g/mol. The molecule has 14 heavy (non-hydrogen) atoms. The minimum Gasteiger partial charge on any atom is -0.387 e. The zero-order valence-corrected chi connectivity index (χ0v) is 8.32. The van der Waals surface area contributed by atoms with Crippen LogP contribution in [0, 0.1) is 0 Å². The lowest BCUT2D eigenvalue weighted by Gasteiger charge is -2.22. The Bertz CT molecular complexity index is 213. The molecule has 0 spiro atoms. The van der Waals surface area contributed by atoms with Crippen LogP contribution >= 0.6 is 0 Å². The molecular weight excluding hydrogens is 197 g/mol. The van der Waals surface area contributed by atoms with Gasteiger partial charge < -0.3 is 9.84 Å². The largest absolute Gasteiger partial charge is 0.389 e. The zero-order valence-electron chi connectivity index (χ0n) is 8.32. The summed E-state index contributed by atoms with van der Waals surface area (Å²) >= 11 is 0. The Morgan fingerprint density at radius 3 is 2.29 bits per heavy atom. The highest BCUT2D eigenvalue weighted by atomic mass is 19.4.